The van der Waals surface area contributed by atoms with Crippen LogP contribution < -0.4 is 0 Å². The van der Waals surface area contributed by atoms with Crippen molar-refractivity contribution in [2.75, 3.05) is 13.1 Å². The average Bonchev–Trinajstić information content (AvgIpc) is 3.23. The van der Waals surface area contributed by atoms with Crippen LogP contribution in [0.1, 0.15) is 36.0 Å². The molecule has 3 heterocycles. The molecule has 2 aliphatic heterocycles. The molecule has 5 rings (SSSR count). The van der Waals surface area contributed by atoms with Crippen molar-refractivity contribution >= 4 is 5.91 Å². The van der Waals surface area contributed by atoms with E-state index in [1.165, 1.54) is 11.1 Å². The van der Waals surface area contributed by atoms with Crippen LogP contribution in [0, 0.1) is 0 Å². The van der Waals surface area contributed by atoms with Crippen LogP contribution in [0.2, 0.25) is 0 Å². The average molecular weight is 320 g/mol. The predicted molar refractivity (Wildman–Crippen MR) is 89.3 cm³/mol. The first-order valence-corrected chi connectivity index (χ1v) is 8.66. The number of carbonyl (C=O) groups excluding carboxylic acids is 1. The van der Waals surface area contributed by atoms with Crippen molar-refractivity contribution in [1.29, 1.82) is 0 Å². The van der Waals surface area contributed by atoms with E-state index >= 15 is 0 Å². The van der Waals surface area contributed by atoms with Crippen LogP contribution in [0.5, 0.6) is 0 Å². The topological polar surface area (TPSA) is 42.4 Å². The number of pyridine rings is 1. The minimum Gasteiger partial charge on any atom is -0.364 e. The Hall–Kier alpha value is -2.20. The van der Waals surface area contributed by atoms with Gasteiger partial charge in [-0.3, -0.25) is 9.78 Å². The molecule has 1 unspecified atom stereocenters. The number of amides is 1. The monoisotopic (exact) mass is 320 g/mol. The lowest BCUT2D eigenvalue weighted by Crippen LogP contribution is -2.40. The van der Waals surface area contributed by atoms with Crippen LogP contribution >= 0.6 is 0 Å². The summed E-state index contributed by atoms with van der Waals surface area (Å²) in [5.41, 5.74) is 2.96. The third kappa shape index (κ3) is 1.89. The number of hydrogen-bond donors (Lipinski definition) is 0. The third-order valence-electron chi connectivity index (χ3n) is 5.90. The molecule has 2 fully saturated rings. The maximum absolute atomic E-state index is 13.2. The Morgan fingerprint density at radius 2 is 2.00 bits per heavy atom. The molecule has 2 aromatic rings. The lowest BCUT2D eigenvalue weighted by atomic mass is 9.91. The van der Waals surface area contributed by atoms with Gasteiger partial charge in [-0.1, -0.05) is 30.3 Å². The molecule has 1 saturated carbocycles. The molecule has 3 aliphatic rings. The fourth-order valence-corrected chi connectivity index (χ4v) is 4.38. The van der Waals surface area contributed by atoms with Crippen molar-refractivity contribution in [3.63, 3.8) is 0 Å². The van der Waals surface area contributed by atoms with E-state index in [1.54, 1.807) is 6.20 Å². The van der Waals surface area contributed by atoms with Crippen molar-refractivity contribution in [2.24, 2.45) is 0 Å². The summed E-state index contributed by atoms with van der Waals surface area (Å²) in [5.74, 6) is 0.250. The third-order valence-corrected chi connectivity index (χ3v) is 5.90. The zero-order chi connectivity index (χ0) is 16.2. The maximum Gasteiger partial charge on any atom is 0.233 e. The van der Waals surface area contributed by atoms with E-state index in [2.05, 4.69) is 29.2 Å². The number of benzene rings is 1. The molecule has 1 saturated heterocycles. The standard InChI is InChI=1S/C20H20N2O2/c23-18(19(7-8-19)16-5-3-10-21-12-16)22-11-9-20(14-22)17-6-2-1-4-15(17)13-24-20/h1-6,10,12H,7-9,11,13-14H2. The smallest absolute Gasteiger partial charge is 0.233 e. The summed E-state index contributed by atoms with van der Waals surface area (Å²) in [6.45, 7) is 2.10. The molecule has 4 nitrogen and oxygen atoms in total. The minimum atomic E-state index is -0.335. The number of likely N-dealkylation sites (tertiary alicyclic amines) is 1. The number of nitrogens with zero attached hydrogens (tertiary/aromatic N) is 2. The Labute approximate surface area is 141 Å². The summed E-state index contributed by atoms with van der Waals surface area (Å²) in [5, 5.41) is 0. The first-order valence-electron chi connectivity index (χ1n) is 8.66. The number of rotatable bonds is 2. The SMILES string of the molecule is O=C(N1CCC2(C1)OCc1ccccc12)C1(c2cccnc2)CC1. The highest BCUT2D eigenvalue weighted by Gasteiger charge is 2.56. The highest BCUT2D eigenvalue weighted by atomic mass is 16.5. The summed E-state index contributed by atoms with van der Waals surface area (Å²) in [4.78, 5) is 19.4. The van der Waals surface area contributed by atoms with E-state index in [4.69, 9.17) is 4.74 Å². The van der Waals surface area contributed by atoms with E-state index in [0.29, 0.717) is 13.2 Å². The number of hydrogen-bond acceptors (Lipinski definition) is 3. The Balaban J connectivity index is 1.42. The van der Waals surface area contributed by atoms with E-state index in [9.17, 15) is 4.79 Å². The summed E-state index contributed by atoms with van der Waals surface area (Å²) < 4.78 is 6.18. The van der Waals surface area contributed by atoms with Gasteiger partial charge in [-0.2, -0.15) is 0 Å². The largest absolute Gasteiger partial charge is 0.364 e. The second kappa shape index (κ2) is 4.90. The first kappa shape index (κ1) is 14.2. The molecule has 4 heteroatoms. The van der Waals surface area contributed by atoms with Gasteiger partial charge in [0.2, 0.25) is 5.91 Å². The normalized spacial score (nSPS) is 26.6. The maximum atomic E-state index is 13.2. The number of fused-ring (bicyclic) bond motifs is 2. The van der Waals surface area contributed by atoms with Crippen LogP contribution in [0.4, 0.5) is 0 Å². The Bertz CT molecular complexity index is 800. The van der Waals surface area contributed by atoms with Crippen LogP contribution in [-0.2, 0) is 27.2 Å². The lowest BCUT2D eigenvalue weighted by molar-refractivity contribution is -0.134. The molecule has 1 amide bonds. The van der Waals surface area contributed by atoms with E-state index in [1.807, 2.05) is 23.2 Å². The zero-order valence-corrected chi connectivity index (χ0v) is 13.6. The van der Waals surface area contributed by atoms with Gasteiger partial charge in [0.1, 0.15) is 5.60 Å². The van der Waals surface area contributed by atoms with Crippen molar-refractivity contribution in [3.8, 4) is 0 Å². The van der Waals surface area contributed by atoms with Gasteiger partial charge in [0.05, 0.1) is 18.6 Å². The zero-order valence-electron chi connectivity index (χ0n) is 13.6. The molecule has 1 spiro atoms. The van der Waals surface area contributed by atoms with Gasteiger partial charge in [-0.05, 0) is 42.0 Å². The van der Waals surface area contributed by atoms with Crippen LogP contribution in [-0.4, -0.2) is 28.9 Å². The second-order valence-corrected chi connectivity index (χ2v) is 7.24. The Kier molecular flexibility index (Phi) is 2.89. The van der Waals surface area contributed by atoms with Crippen molar-refractivity contribution in [2.45, 2.75) is 36.9 Å². The molecule has 1 aromatic heterocycles. The van der Waals surface area contributed by atoms with Gasteiger partial charge in [-0.15, -0.1) is 0 Å². The summed E-state index contributed by atoms with van der Waals surface area (Å²) in [6.07, 6.45) is 6.35. The number of carbonyl (C=O) groups is 1. The summed E-state index contributed by atoms with van der Waals surface area (Å²) >= 11 is 0. The molecule has 1 aromatic carbocycles. The summed E-state index contributed by atoms with van der Waals surface area (Å²) in [6, 6.07) is 12.4. The first-order chi connectivity index (χ1) is 11.7. The highest BCUT2D eigenvalue weighted by molar-refractivity contribution is 5.91. The number of ether oxygens (including phenoxy) is 1. The summed E-state index contributed by atoms with van der Waals surface area (Å²) in [7, 11) is 0. The van der Waals surface area contributed by atoms with Crippen molar-refractivity contribution < 1.29 is 9.53 Å². The molecule has 24 heavy (non-hydrogen) atoms. The molecular formula is C20H20N2O2. The predicted octanol–water partition coefficient (Wildman–Crippen LogP) is 2.77. The second-order valence-electron chi connectivity index (χ2n) is 7.24. The van der Waals surface area contributed by atoms with Gasteiger partial charge < -0.3 is 9.64 Å². The molecular weight excluding hydrogens is 300 g/mol. The van der Waals surface area contributed by atoms with Gasteiger partial charge in [0.15, 0.2) is 0 Å². The van der Waals surface area contributed by atoms with Crippen molar-refractivity contribution in [1.82, 2.24) is 9.88 Å². The fraction of sp³-hybridized carbons (Fsp3) is 0.400. The molecule has 1 atom stereocenters. The molecule has 1 aliphatic carbocycles. The van der Waals surface area contributed by atoms with Crippen LogP contribution in [0.3, 0.4) is 0 Å². The van der Waals surface area contributed by atoms with Gasteiger partial charge >= 0.3 is 0 Å². The van der Waals surface area contributed by atoms with E-state index in [0.717, 1.165) is 31.4 Å². The Morgan fingerprint density at radius 3 is 2.79 bits per heavy atom. The van der Waals surface area contributed by atoms with Gasteiger partial charge in [-0.25, -0.2) is 0 Å². The molecule has 0 N–H and O–H groups in total. The van der Waals surface area contributed by atoms with E-state index in [-0.39, 0.29) is 16.9 Å². The molecule has 0 radical (unpaired) electrons. The van der Waals surface area contributed by atoms with Gasteiger partial charge in [0, 0.05) is 18.9 Å². The van der Waals surface area contributed by atoms with Crippen LogP contribution in [0.25, 0.3) is 0 Å². The van der Waals surface area contributed by atoms with Gasteiger partial charge in [0.25, 0.3) is 0 Å². The quantitative estimate of drug-likeness (QED) is 0.854. The minimum absolute atomic E-state index is 0.250. The number of aromatic nitrogens is 1. The van der Waals surface area contributed by atoms with E-state index < -0.39 is 0 Å². The van der Waals surface area contributed by atoms with Crippen molar-refractivity contribution in [3.05, 3.63) is 65.5 Å². The van der Waals surface area contributed by atoms with Crippen LogP contribution in [0.15, 0.2) is 48.8 Å². The fourth-order valence-electron chi connectivity index (χ4n) is 4.38. The molecule has 122 valence electrons. The highest BCUT2D eigenvalue weighted by Crippen LogP contribution is 2.51. The molecule has 0 bridgehead atoms. The lowest BCUT2D eigenvalue weighted by Gasteiger charge is -2.27. The Morgan fingerprint density at radius 1 is 1.12 bits per heavy atom.